The molecule has 0 bridgehead atoms. The highest BCUT2D eigenvalue weighted by atomic mass is 19.1. The van der Waals surface area contributed by atoms with Gasteiger partial charge in [0.1, 0.15) is 17.9 Å². The summed E-state index contributed by atoms with van der Waals surface area (Å²) in [7, 11) is 0. The zero-order valence-corrected chi connectivity index (χ0v) is 25.3. The summed E-state index contributed by atoms with van der Waals surface area (Å²) in [6.07, 6.45) is 6.60. The van der Waals surface area contributed by atoms with Crippen molar-refractivity contribution in [3.63, 3.8) is 0 Å². The van der Waals surface area contributed by atoms with Crippen LogP contribution in [0.1, 0.15) is 55.6 Å². The zero-order valence-electron chi connectivity index (χ0n) is 25.3. The number of rotatable bonds is 7. The van der Waals surface area contributed by atoms with Crippen molar-refractivity contribution in [2.45, 2.75) is 62.4 Å². The lowest BCUT2D eigenvalue weighted by atomic mass is 9.93. The molecule has 3 atom stereocenters. The van der Waals surface area contributed by atoms with Gasteiger partial charge in [-0.25, -0.2) is 8.78 Å². The molecule has 1 aromatic heterocycles. The van der Waals surface area contributed by atoms with E-state index in [9.17, 15) is 14.4 Å². The van der Waals surface area contributed by atoms with Crippen LogP contribution in [0.2, 0.25) is 0 Å². The van der Waals surface area contributed by atoms with Crippen LogP contribution in [0.5, 0.6) is 6.01 Å². The maximum absolute atomic E-state index is 16.8. The van der Waals surface area contributed by atoms with Crippen LogP contribution in [-0.2, 0) is 11.2 Å². The molecule has 8 rings (SSSR count). The van der Waals surface area contributed by atoms with Gasteiger partial charge < -0.3 is 14.5 Å². The Morgan fingerprint density at radius 2 is 1.93 bits per heavy atom. The number of nitriles is 1. The number of amides is 1. The van der Waals surface area contributed by atoms with E-state index in [-0.39, 0.29) is 36.6 Å². The quantitative estimate of drug-likeness (QED) is 0.326. The molecule has 2 unspecified atom stereocenters. The molecule has 0 N–H and O–H groups in total. The van der Waals surface area contributed by atoms with Gasteiger partial charge in [0, 0.05) is 30.6 Å². The fraction of sp³-hybridized carbons (Fsp3) is 0.486. The van der Waals surface area contributed by atoms with Crippen molar-refractivity contribution >= 4 is 22.6 Å². The first-order valence-corrected chi connectivity index (χ1v) is 16.1. The molecular weight excluding hydrogens is 574 g/mol. The molecule has 4 fully saturated rings. The second-order valence-corrected chi connectivity index (χ2v) is 13.4. The van der Waals surface area contributed by atoms with E-state index in [2.05, 4.69) is 23.6 Å². The number of ether oxygens (including phenoxy) is 1. The predicted octanol–water partition coefficient (Wildman–Crippen LogP) is 5.52. The van der Waals surface area contributed by atoms with E-state index in [1.165, 1.54) is 16.0 Å². The summed E-state index contributed by atoms with van der Waals surface area (Å²) < 4.78 is 37.0. The van der Waals surface area contributed by atoms with Crippen molar-refractivity contribution in [3.8, 4) is 23.2 Å². The van der Waals surface area contributed by atoms with Crippen molar-refractivity contribution < 1.29 is 18.3 Å². The molecule has 5 aliphatic rings. The summed E-state index contributed by atoms with van der Waals surface area (Å²) in [6.45, 7) is 6.45. The van der Waals surface area contributed by atoms with Crippen LogP contribution in [0.4, 0.5) is 14.6 Å². The second-order valence-electron chi connectivity index (χ2n) is 13.4. The third-order valence-corrected chi connectivity index (χ3v) is 10.9. The summed E-state index contributed by atoms with van der Waals surface area (Å²) in [5.74, 6) is -0.611. The Bertz CT molecular complexity index is 1760. The van der Waals surface area contributed by atoms with Gasteiger partial charge in [-0.3, -0.25) is 9.69 Å². The van der Waals surface area contributed by atoms with Crippen LogP contribution < -0.4 is 9.64 Å². The number of benzene rings is 2. The number of piperazine rings is 1. The fourth-order valence-corrected chi connectivity index (χ4v) is 8.62. The van der Waals surface area contributed by atoms with Crippen molar-refractivity contribution in [2.75, 3.05) is 44.2 Å². The highest BCUT2D eigenvalue weighted by Gasteiger charge is 2.47. The minimum absolute atomic E-state index is 0.0139. The third-order valence-electron chi connectivity index (χ3n) is 10.9. The molecule has 3 aromatic rings. The van der Waals surface area contributed by atoms with Crippen LogP contribution in [0, 0.1) is 23.1 Å². The molecule has 10 heteroatoms. The van der Waals surface area contributed by atoms with Gasteiger partial charge in [0.05, 0.1) is 24.1 Å². The number of fused-ring (bicyclic) bond motifs is 5. The number of carbonyl (C=O) groups excluding carboxylic acids is 1. The highest BCUT2D eigenvalue weighted by Crippen LogP contribution is 2.59. The average Bonchev–Trinajstić information content (AvgIpc) is 3.32. The lowest BCUT2D eigenvalue weighted by Gasteiger charge is -2.41. The summed E-state index contributed by atoms with van der Waals surface area (Å²) in [6, 6.07) is 11.5. The SMILES string of the molecule is C=C(F)C(=O)N1CCN(c2nc(OCC34CCCN3CCC4)nc3c(F)c(-c4cccc5c4C4CC4C5)ccc23)C[C@@H]1CC#N. The highest BCUT2D eigenvalue weighted by molar-refractivity contribution is 5.95. The van der Waals surface area contributed by atoms with Gasteiger partial charge >= 0.3 is 6.01 Å². The Kier molecular flexibility index (Phi) is 6.79. The summed E-state index contributed by atoms with van der Waals surface area (Å²) >= 11 is 0. The number of carbonyl (C=O) groups is 1. The molecule has 2 aliphatic carbocycles. The Balaban J connectivity index is 1.20. The first-order valence-electron chi connectivity index (χ1n) is 16.1. The summed E-state index contributed by atoms with van der Waals surface area (Å²) in [5, 5.41) is 10.1. The number of halogens is 2. The largest absolute Gasteiger partial charge is 0.461 e. The minimum atomic E-state index is -1.05. The van der Waals surface area contributed by atoms with Gasteiger partial charge in [0.2, 0.25) is 0 Å². The van der Waals surface area contributed by atoms with Gasteiger partial charge in [-0.05, 0) is 86.2 Å². The molecule has 3 aliphatic heterocycles. The van der Waals surface area contributed by atoms with Gasteiger partial charge in [-0.15, -0.1) is 0 Å². The average molecular weight is 611 g/mol. The van der Waals surface area contributed by atoms with Crippen molar-refractivity contribution in [1.82, 2.24) is 19.8 Å². The van der Waals surface area contributed by atoms with Crippen LogP contribution in [-0.4, -0.2) is 76.6 Å². The van der Waals surface area contributed by atoms with Gasteiger partial charge in [0.25, 0.3) is 5.91 Å². The monoisotopic (exact) mass is 610 g/mol. The van der Waals surface area contributed by atoms with Crippen LogP contribution >= 0.6 is 0 Å². The van der Waals surface area contributed by atoms with E-state index in [1.807, 2.05) is 29.2 Å². The lowest BCUT2D eigenvalue weighted by molar-refractivity contribution is -0.131. The Morgan fingerprint density at radius 3 is 2.71 bits per heavy atom. The molecule has 1 saturated carbocycles. The van der Waals surface area contributed by atoms with E-state index in [1.54, 1.807) is 0 Å². The topological polar surface area (TPSA) is 85.6 Å². The first-order chi connectivity index (χ1) is 21.9. The van der Waals surface area contributed by atoms with Gasteiger partial charge in [-0.2, -0.15) is 15.2 Å². The molecule has 1 amide bonds. The maximum atomic E-state index is 16.8. The Labute approximate surface area is 261 Å². The number of aromatic nitrogens is 2. The van der Waals surface area contributed by atoms with E-state index < -0.39 is 23.6 Å². The molecule has 3 saturated heterocycles. The van der Waals surface area contributed by atoms with E-state index >= 15 is 4.39 Å². The minimum Gasteiger partial charge on any atom is -0.461 e. The van der Waals surface area contributed by atoms with Crippen LogP contribution in [0.3, 0.4) is 0 Å². The lowest BCUT2D eigenvalue weighted by Crippen LogP contribution is -2.55. The van der Waals surface area contributed by atoms with Crippen molar-refractivity contribution in [3.05, 3.63) is 59.7 Å². The summed E-state index contributed by atoms with van der Waals surface area (Å²) in [4.78, 5) is 27.9. The predicted molar refractivity (Wildman–Crippen MR) is 166 cm³/mol. The Morgan fingerprint density at radius 1 is 1.11 bits per heavy atom. The smallest absolute Gasteiger partial charge is 0.319 e. The number of anilines is 1. The number of hydrogen-bond donors (Lipinski definition) is 0. The second kappa shape index (κ2) is 10.8. The van der Waals surface area contributed by atoms with Crippen LogP contribution in [0.25, 0.3) is 22.0 Å². The maximum Gasteiger partial charge on any atom is 0.319 e. The number of nitrogens with zero attached hydrogens (tertiary/aromatic N) is 6. The molecule has 232 valence electrons. The molecule has 2 aromatic carbocycles. The number of hydrogen-bond acceptors (Lipinski definition) is 7. The van der Waals surface area contributed by atoms with E-state index in [0.29, 0.717) is 41.8 Å². The normalized spacial score (nSPS) is 24.7. The van der Waals surface area contributed by atoms with Crippen molar-refractivity contribution in [1.29, 1.82) is 5.26 Å². The molecular formula is C35H36F2N6O2. The summed E-state index contributed by atoms with van der Waals surface area (Å²) in [5.41, 5.74) is 4.18. The fourth-order valence-electron chi connectivity index (χ4n) is 8.62. The third kappa shape index (κ3) is 4.66. The van der Waals surface area contributed by atoms with E-state index in [0.717, 1.165) is 57.2 Å². The van der Waals surface area contributed by atoms with Gasteiger partial charge in [0.15, 0.2) is 11.6 Å². The molecule has 45 heavy (non-hydrogen) atoms. The first kappa shape index (κ1) is 28.4. The molecule has 0 radical (unpaired) electrons. The molecule has 8 nitrogen and oxygen atoms in total. The van der Waals surface area contributed by atoms with Crippen LogP contribution in [0.15, 0.2) is 42.7 Å². The zero-order chi connectivity index (χ0) is 30.9. The van der Waals surface area contributed by atoms with Crippen molar-refractivity contribution in [2.24, 2.45) is 5.92 Å². The molecule has 4 heterocycles. The Hall–Kier alpha value is -4.10. The van der Waals surface area contributed by atoms with E-state index in [4.69, 9.17) is 14.7 Å². The standard InChI is InChI=1S/C35H36F2N6O2/c1-21(36)33(44)43-16-15-41(19-24(43)9-12-38)32-27-8-7-26(25-6-2-5-22-17-23-18-28(23)29(22)25)30(37)31(27)39-34(40-32)45-20-35-10-3-13-42(35)14-4-11-35/h2,5-8,23-24,28H,1,3-4,9-11,13-20H2/t23?,24-,28?/m0/s1. The molecule has 0 spiro atoms. The van der Waals surface area contributed by atoms with Gasteiger partial charge in [-0.1, -0.05) is 30.8 Å².